The first-order chi connectivity index (χ1) is 16.2. The summed E-state index contributed by atoms with van der Waals surface area (Å²) < 4.78 is 10.6. The van der Waals surface area contributed by atoms with Gasteiger partial charge in [0.25, 0.3) is 5.91 Å². The van der Waals surface area contributed by atoms with Crippen molar-refractivity contribution in [1.82, 2.24) is 5.43 Å². The molecule has 6 heteroatoms. The molecule has 0 spiro atoms. The van der Waals surface area contributed by atoms with Gasteiger partial charge < -0.3 is 9.15 Å². The quantitative estimate of drug-likeness (QED) is 0.250. The number of benzene rings is 3. The Morgan fingerprint density at radius 2 is 1.45 bits per heavy atom. The molecule has 0 fully saturated rings. The summed E-state index contributed by atoms with van der Waals surface area (Å²) in [5.74, 6) is -0.274. The Bertz CT molecular complexity index is 1220. The largest absolute Gasteiger partial charge is 0.465 e. The second kappa shape index (κ2) is 10.2. The lowest BCUT2D eigenvalue weighted by Gasteiger charge is -2.16. The highest BCUT2D eigenvalue weighted by Gasteiger charge is 2.22. The number of hydrogen-bond acceptors (Lipinski definition) is 5. The number of carbonyl (C=O) groups excluding carboxylic acids is 2. The molecule has 0 aliphatic rings. The van der Waals surface area contributed by atoms with Crippen LogP contribution in [0.3, 0.4) is 0 Å². The fraction of sp³-hybridized carbons (Fsp3) is 0.0741. The second-order valence-electron chi connectivity index (χ2n) is 7.23. The van der Waals surface area contributed by atoms with Gasteiger partial charge in [-0.05, 0) is 29.3 Å². The normalized spacial score (nSPS) is 11.0. The van der Waals surface area contributed by atoms with Crippen LogP contribution in [-0.2, 0) is 9.53 Å². The van der Waals surface area contributed by atoms with Crippen LogP contribution in [0, 0.1) is 0 Å². The maximum Gasteiger partial charge on any atom is 0.338 e. The number of carbonyl (C=O) groups is 2. The van der Waals surface area contributed by atoms with Gasteiger partial charge in [0.2, 0.25) is 0 Å². The first-order valence-electron chi connectivity index (χ1n) is 10.4. The maximum absolute atomic E-state index is 13.0. The zero-order valence-corrected chi connectivity index (χ0v) is 18.0. The zero-order valence-electron chi connectivity index (χ0n) is 18.0. The Hall–Kier alpha value is -4.45. The van der Waals surface area contributed by atoms with E-state index in [1.165, 1.54) is 13.3 Å². The summed E-state index contributed by atoms with van der Waals surface area (Å²) in [6.07, 6.45) is 1.43. The van der Waals surface area contributed by atoms with E-state index in [-0.39, 0.29) is 5.91 Å². The highest BCUT2D eigenvalue weighted by Crippen LogP contribution is 2.26. The van der Waals surface area contributed by atoms with Crippen molar-refractivity contribution in [3.8, 4) is 11.3 Å². The van der Waals surface area contributed by atoms with E-state index in [1.807, 2.05) is 66.7 Å². The Labute approximate surface area is 191 Å². The van der Waals surface area contributed by atoms with Crippen LogP contribution in [0.2, 0.25) is 0 Å². The van der Waals surface area contributed by atoms with Gasteiger partial charge in [0.15, 0.2) is 0 Å². The zero-order chi connectivity index (χ0) is 23.0. The third-order valence-electron chi connectivity index (χ3n) is 5.12. The molecule has 1 heterocycles. The van der Waals surface area contributed by atoms with Crippen molar-refractivity contribution in [2.45, 2.75) is 5.92 Å². The third-order valence-corrected chi connectivity index (χ3v) is 5.12. The molecule has 164 valence electrons. The predicted octanol–water partition coefficient (Wildman–Crippen LogP) is 5.02. The topological polar surface area (TPSA) is 80.9 Å². The predicted molar refractivity (Wildman–Crippen MR) is 126 cm³/mol. The van der Waals surface area contributed by atoms with Gasteiger partial charge in [-0.3, -0.25) is 4.79 Å². The van der Waals surface area contributed by atoms with Crippen molar-refractivity contribution < 1.29 is 18.7 Å². The average molecular weight is 438 g/mol. The number of methoxy groups -OCH3 is 1. The lowest BCUT2D eigenvalue weighted by Crippen LogP contribution is -2.26. The summed E-state index contributed by atoms with van der Waals surface area (Å²) in [7, 11) is 1.33. The number of hydrazone groups is 1. The molecule has 1 amide bonds. The molecule has 6 nitrogen and oxygen atoms in total. The lowest BCUT2D eigenvalue weighted by molar-refractivity contribution is -0.121. The fourth-order valence-electron chi connectivity index (χ4n) is 3.56. The third kappa shape index (κ3) is 5.07. The molecule has 0 atom stereocenters. The summed E-state index contributed by atoms with van der Waals surface area (Å²) in [5.41, 5.74) is 5.37. The summed E-state index contributed by atoms with van der Waals surface area (Å²) >= 11 is 0. The number of rotatable bonds is 7. The molecule has 4 rings (SSSR count). The molecule has 0 aliphatic carbocycles. The SMILES string of the molecule is COC(=O)c1ccccc1-c1ccc(/C=N\NC(=O)C(c2ccccc2)c2ccccc2)o1. The van der Waals surface area contributed by atoms with E-state index in [2.05, 4.69) is 10.5 Å². The first kappa shape index (κ1) is 21.8. The minimum atomic E-state index is -0.497. The van der Waals surface area contributed by atoms with Crippen LogP contribution in [0.1, 0.15) is 33.2 Å². The van der Waals surface area contributed by atoms with Crippen LogP contribution in [0.25, 0.3) is 11.3 Å². The van der Waals surface area contributed by atoms with Crippen LogP contribution in [0.4, 0.5) is 0 Å². The number of amides is 1. The van der Waals surface area contributed by atoms with Crippen molar-refractivity contribution in [2.75, 3.05) is 7.11 Å². The van der Waals surface area contributed by atoms with E-state index in [9.17, 15) is 9.59 Å². The van der Waals surface area contributed by atoms with Gasteiger partial charge in [-0.1, -0.05) is 78.9 Å². The number of furan rings is 1. The Balaban J connectivity index is 1.51. The Morgan fingerprint density at radius 1 is 0.848 bits per heavy atom. The molecule has 3 aromatic carbocycles. The number of ether oxygens (including phenoxy) is 1. The summed E-state index contributed by atoms with van der Waals surface area (Å²) in [6.45, 7) is 0. The minimum absolute atomic E-state index is 0.258. The van der Waals surface area contributed by atoms with E-state index in [0.717, 1.165) is 11.1 Å². The molecular weight excluding hydrogens is 416 g/mol. The molecule has 0 saturated carbocycles. The van der Waals surface area contributed by atoms with Gasteiger partial charge in [-0.2, -0.15) is 5.10 Å². The molecular formula is C27H22N2O4. The van der Waals surface area contributed by atoms with Crippen LogP contribution in [0.15, 0.2) is 107 Å². The summed E-state index contributed by atoms with van der Waals surface area (Å²) in [4.78, 5) is 25.0. The maximum atomic E-state index is 13.0. The molecule has 0 unspecified atom stereocenters. The fourth-order valence-corrected chi connectivity index (χ4v) is 3.56. The highest BCUT2D eigenvalue weighted by molar-refractivity contribution is 5.96. The first-order valence-corrected chi connectivity index (χ1v) is 10.4. The monoisotopic (exact) mass is 438 g/mol. The Kier molecular flexibility index (Phi) is 6.75. The van der Waals surface area contributed by atoms with Crippen LogP contribution in [0.5, 0.6) is 0 Å². The van der Waals surface area contributed by atoms with E-state index < -0.39 is 11.9 Å². The van der Waals surface area contributed by atoms with Crippen molar-refractivity contribution in [1.29, 1.82) is 0 Å². The van der Waals surface area contributed by atoms with Crippen LogP contribution < -0.4 is 5.43 Å². The van der Waals surface area contributed by atoms with Crippen molar-refractivity contribution in [3.05, 3.63) is 120 Å². The molecule has 1 N–H and O–H groups in total. The Morgan fingerprint density at radius 3 is 2.09 bits per heavy atom. The van der Waals surface area contributed by atoms with E-state index >= 15 is 0 Å². The average Bonchev–Trinajstić information content (AvgIpc) is 3.34. The van der Waals surface area contributed by atoms with Crippen molar-refractivity contribution in [2.24, 2.45) is 5.10 Å². The van der Waals surface area contributed by atoms with Gasteiger partial charge in [0.05, 0.1) is 24.8 Å². The summed E-state index contributed by atoms with van der Waals surface area (Å²) in [5, 5.41) is 4.08. The lowest BCUT2D eigenvalue weighted by atomic mass is 9.91. The number of nitrogens with one attached hydrogen (secondary N) is 1. The van der Waals surface area contributed by atoms with Crippen molar-refractivity contribution >= 4 is 18.1 Å². The van der Waals surface area contributed by atoms with Crippen LogP contribution >= 0.6 is 0 Å². The molecule has 4 aromatic rings. The molecule has 0 radical (unpaired) electrons. The van der Waals surface area contributed by atoms with Gasteiger partial charge in [-0.25, -0.2) is 10.2 Å². The number of hydrogen-bond donors (Lipinski definition) is 1. The van der Waals surface area contributed by atoms with E-state index in [1.54, 1.807) is 30.3 Å². The van der Waals surface area contributed by atoms with Gasteiger partial charge >= 0.3 is 5.97 Å². The highest BCUT2D eigenvalue weighted by atomic mass is 16.5. The standard InChI is InChI=1S/C27H22N2O4/c1-32-27(31)23-15-9-8-14-22(23)24-17-16-21(33-24)18-28-29-26(30)25(19-10-4-2-5-11-19)20-12-6-3-7-13-20/h2-18,25H,1H3,(H,29,30)/b28-18-. The van der Waals surface area contributed by atoms with E-state index in [0.29, 0.717) is 22.6 Å². The number of esters is 1. The molecule has 1 aromatic heterocycles. The van der Waals surface area contributed by atoms with Crippen LogP contribution in [-0.4, -0.2) is 25.2 Å². The molecule has 0 aliphatic heterocycles. The molecule has 0 saturated heterocycles. The molecule has 33 heavy (non-hydrogen) atoms. The van der Waals surface area contributed by atoms with E-state index in [4.69, 9.17) is 9.15 Å². The number of nitrogens with zero attached hydrogens (tertiary/aromatic N) is 1. The van der Waals surface area contributed by atoms with Gasteiger partial charge in [0, 0.05) is 5.56 Å². The minimum Gasteiger partial charge on any atom is -0.465 e. The molecule has 0 bridgehead atoms. The van der Waals surface area contributed by atoms with Crippen molar-refractivity contribution in [3.63, 3.8) is 0 Å². The van der Waals surface area contributed by atoms with Gasteiger partial charge in [-0.15, -0.1) is 0 Å². The second-order valence-corrected chi connectivity index (χ2v) is 7.23. The van der Waals surface area contributed by atoms with Gasteiger partial charge in [0.1, 0.15) is 11.5 Å². The smallest absolute Gasteiger partial charge is 0.338 e. The summed E-state index contributed by atoms with van der Waals surface area (Å²) in [6, 6.07) is 29.6.